The van der Waals surface area contributed by atoms with Crippen molar-refractivity contribution in [2.24, 2.45) is 59.2 Å². The summed E-state index contributed by atoms with van der Waals surface area (Å²) in [6.07, 6.45) is 13.6. The van der Waals surface area contributed by atoms with E-state index in [0.29, 0.717) is 67.2 Å². The van der Waals surface area contributed by atoms with Crippen LogP contribution in [0.2, 0.25) is 0 Å². The lowest BCUT2D eigenvalue weighted by molar-refractivity contribution is -0.149. The molecule has 0 aromatic rings. The molecule has 2 aliphatic rings. The van der Waals surface area contributed by atoms with E-state index in [1.165, 1.54) is 44.9 Å². The van der Waals surface area contributed by atoms with Crippen LogP contribution in [-0.4, -0.2) is 50.6 Å². The minimum Gasteiger partial charge on any atom is -0.466 e. The van der Waals surface area contributed by atoms with Gasteiger partial charge in [-0.15, -0.1) is 0 Å². The summed E-state index contributed by atoms with van der Waals surface area (Å²) in [5.74, 6) is 5.70. The maximum Gasteiger partial charge on any atom is 0.308 e. The maximum atomic E-state index is 12.6. The van der Waals surface area contributed by atoms with Crippen LogP contribution < -0.4 is 0 Å². The summed E-state index contributed by atoms with van der Waals surface area (Å²) in [5, 5.41) is 0. The third kappa shape index (κ3) is 19.0. The van der Waals surface area contributed by atoms with E-state index in [-0.39, 0.29) is 24.0 Å². The molecule has 0 N–H and O–H groups in total. The largest absolute Gasteiger partial charge is 0.466 e. The molecule has 2 fully saturated rings. The average Bonchev–Trinajstić information content (AvgIpc) is 3.90. The molecule has 6 heteroatoms. The van der Waals surface area contributed by atoms with Gasteiger partial charge in [0, 0.05) is 12.8 Å². The lowest BCUT2D eigenvalue weighted by Gasteiger charge is -2.34. The fourth-order valence-electron chi connectivity index (χ4n) is 7.46. The molecule has 0 spiro atoms. The Balaban J connectivity index is 1.98. The zero-order valence-electron chi connectivity index (χ0n) is 31.7. The predicted molar refractivity (Wildman–Crippen MR) is 188 cm³/mol. The molecule has 2 aliphatic heterocycles. The third-order valence-corrected chi connectivity index (χ3v) is 10.8. The highest BCUT2D eigenvalue weighted by molar-refractivity contribution is 5.72. The van der Waals surface area contributed by atoms with E-state index in [1.807, 2.05) is 6.92 Å². The summed E-state index contributed by atoms with van der Waals surface area (Å²) >= 11 is 0. The van der Waals surface area contributed by atoms with Crippen LogP contribution in [0.5, 0.6) is 0 Å². The topological polar surface area (TPSA) is 77.7 Å². The van der Waals surface area contributed by atoms with E-state index in [2.05, 4.69) is 62.3 Å². The van der Waals surface area contributed by atoms with Crippen molar-refractivity contribution < 1.29 is 28.5 Å². The molecule has 2 saturated heterocycles. The maximum absolute atomic E-state index is 12.6. The van der Waals surface area contributed by atoms with Crippen molar-refractivity contribution >= 4 is 11.9 Å². The second kappa shape index (κ2) is 21.8. The van der Waals surface area contributed by atoms with Crippen LogP contribution in [0.1, 0.15) is 146 Å². The zero-order valence-corrected chi connectivity index (χ0v) is 31.7. The molecular weight excluding hydrogens is 576 g/mol. The first-order valence-electron chi connectivity index (χ1n) is 19.3. The molecule has 2 rings (SSSR count). The number of hydrogen-bond donors (Lipinski definition) is 0. The van der Waals surface area contributed by atoms with Crippen molar-refractivity contribution in [2.75, 3.05) is 26.4 Å². The molecule has 10 unspecified atom stereocenters. The number of rotatable bonds is 27. The number of ether oxygens (including phenoxy) is 4. The highest BCUT2D eigenvalue weighted by Crippen LogP contribution is 2.39. The number of esters is 2. The van der Waals surface area contributed by atoms with Gasteiger partial charge in [0.2, 0.25) is 0 Å². The van der Waals surface area contributed by atoms with Crippen molar-refractivity contribution in [1.29, 1.82) is 0 Å². The van der Waals surface area contributed by atoms with Crippen molar-refractivity contribution in [3.05, 3.63) is 0 Å². The Labute approximate surface area is 284 Å². The van der Waals surface area contributed by atoms with Gasteiger partial charge < -0.3 is 18.9 Å². The second-order valence-corrected chi connectivity index (χ2v) is 16.9. The number of epoxide rings is 2. The molecular formula is C40H74O6. The minimum absolute atomic E-state index is 0.0620. The zero-order chi connectivity index (χ0) is 34.2. The predicted octanol–water partition coefficient (Wildman–Crippen LogP) is 9.91. The van der Waals surface area contributed by atoms with Gasteiger partial charge >= 0.3 is 11.9 Å². The molecule has 2 heterocycles. The van der Waals surface area contributed by atoms with Gasteiger partial charge in [0.25, 0.3) is 0 Å². The van der Waals surface area contributed by atoms with E-state index in [0.717, 1.165) is 50.7 Å². The molecule has 6 nitrogen and oxygen atoms in total. The van der Waals surface area contributed by atoms with E-state index in [1.54, 1.807) is 0 Å². The highest BCUT2D eigenvalue weighted by Gasteiger charge is 2.29. The Morgan fingerprint density at radius 2 is 1.22 bits per heavy atom. The van der Waals surface area contributed by atoms with Crippen LogP contribution in [0.15, 0.2) is 0 Å². The number of carbonyl (C=O) groups is 2. The van der Waals surface area contributed by atoms with Crippen molar-refractivity contribution in [3.63, 3.8) is 0 Å². The van der Waals surface area contributed by atoms with E-state index < -0.39 is 0 Å². The molecule has 0 aromatic carbocycles. The van der Waals surface area contributed by atoms with E-state index in [9.17, 15) is 9.59 Å². The summed E-state index contributed by atoms with van der Waals surface area (Å²) in [7, 11) is 0. The molecule has 0 radical (unpaired) electrons. The third-order valence-electron chi connectivity index (χ3n) is 10.8. The van der Waals surface area contributed by atoms with Crippen LogP contribution >= 0.6 is 0 Å². The van der Waals surface area contributed by atoms with Gasteiger partial charge in [-0.3, -0.25) is 9.59 Å². The fraction of sp³-hybridized carbons (Fsp3) is 0.950. The standard InChI is InChI=1S/C40H74O6/c1-27(2)19-29(5)11-14-35(15-12-31(7)21-34(10)40(42)46-26-38-25-45-38)36(23-33(9)28(3)4)22-32(8)20-30(6)13-16-39(41)43-18-17-37-24-44-37/h27-38H,11-26H2,1-10H3. The molecule has 46 heavy (non-hydrogen) atoms. The van der Waals surface area contributed by atoms with Gasteiger partial charge in [0.05, 0.1) is 31.8 Å². The smallest absolute Gasteiger partial charge is 0.308 e. The molecule has 0 amide bonds. The number of hydrogen-bond acceptors (Lipinski definition) is 6. The summed E-state index contributed by atoms with van der Waals surface area (Å²) in [6, 6.07) is 0. The van der Waals surface area contributed by atoms with Crippen LogP contribution in [0.4, 0.5) is 0 Å². The summed E-state index contributed by atoms with van der Waals surface area (Å²) in [4.78, 5) is 24.8. The molecule has 0 aromatic heterocycles. The summed E-state index contributed by atoms with van der Waals surface area (Å²) in [5.41, 5.74) is 0. The Morgan fingerprint density at radius 3 is 1.78 bits per heavy atom. The fourth-order valence-corrected chi connectivity index (χ4v) is 7.46. The first-order chi connectivity index (χ1) is 21.7. The van der Waals surface area contributed by atoms with Gasteiger partial charge in [-0.05, 0) is 105 Å². The van der Waals surface area contributed by atoms with Gasteiger partial charge in [0.1, 0.15) is 12.7 Å². The van der Waals surface area contributed by atoms with E-state index in [4.69, 9.17) is 18.9 Å². The molecule has 0 bridgehead atoms. The van der Waals surface area contributed by atoms with Gasteiger partial charge in [-0.2, -0.15) is 0 Å². The van der Waals surface area contributed by atoms with Crippen LogP contribution in [0, 0.1) is 59.2 Å². The first-order valence-corrected chi connectivity index (χ1v) is 19.3. The first kappa shape index (κ1) is 41.0. The average molecular weight is 651 g/mol. The van der Waals surface area contributed by atoms with Gasteiger partial charge in [0.15, 0.2) is 0 Å². The molecule has 0 aliphatic carbocycles. The normalized spacial score (nSPS) is 22.9. The van der Waals surface area contributed by atoms with Crippen molar-refractivity contribution in [2.45, 2.75) is 158 Å². The highest BCUT2D eigenvalue weighted by atomic mass is 16.6. The van der Waals surface area contributed by atoms with Crippen LogP contribution in [-0.2, 0) is 28.5 Å². The van der Waals surface area contributed by atoms with Crippen LogP contribution in [0.3, 0.4) is 0 Å². The Kier molecular flexibility index (Phi) is 19.4. The minimum atomic E-state index is -0.0749. The van der Waals surface area contributed by atoms with Gasteiger partial charge in [-0.1, -0.05) is 82.1 Å². The Bertz CT molecular complexity index is 834. The SMILES string of the molecule is CC(C)CC(C)CCC(CCC(C)CC(C)C(=O)OCC1CO1)C(CC(C)CC(C)CCC(=O)OCCC1CO1)CC(C)C(C)C. The van der Waals surface area contributed by atoms with Crippen molar-refractivity contribution in [1.82, 2.24) is 0 Å². The van der Waals surface area contributed by atoms with Crippen molar-refractivity contribution in [3.8, 4) is 0 Å². The quantitative estimate of drug-likeness (QED) is 0.0650. The molecule has 0 saturated carbocycles. The summed E-state index contributed by atoms with van der Waals surface area (Å²) < 4.78 is 21.3. The summed E-state index contributed by atoms with van der Waals surface area (Å²) in [6.45, 7) is 25.9. The number of carbonyl (C=O) groups excluding carboxylic acids is 2. The lowest BCUT2D eigenvalue weighted by Crippen LogP contribution is -2.24. The van der Waals surface area contributed by atoms with Gasteiger partial charge in [-0.25, -0.2) is 0 Å². The lowest BCUT2D eigenvalue weighted by atomic mass is 9.71. The Morgan fingerprint density at radius 1 is 0.630 bits per heavy atom. The molecule has 270 valence electrons. The van der Waals surface area contributed by atoms with Crippen LogP contribution in [0.25, 0.3) is 0 Å². The monoisotopic (exact) mass is 651 g/mol. The van der Waals surface area contributed by atoms with E-state index >= 15 is 0 Å². The second-order valence-electron chi connectivity index (χ2n) is 16.9. The Hall–Kier alpha value is -1.14. The molecule has 10 atom stereocenters.